The minimum absolute atomic E-state index is 0.285. The number of carbonyl (C=O) groups excluding carboxylic acids is 1. The van der Waals surface area contributed by atoms with Crippen LogP contribution in [0.2, 0.25) is 0 Å². The summed E-state index contributed by atoms with van der Waals surface area (Å²) in [6.45, 7) is 3.83. The highest BCUT2D eigenvalue weighted by Crippen LogP contribution is 2.22. The van der Waals surface area contributed by atoms with E-state index < -0.39 is 0 Å². The van der Waals surface area contributed by atoms with Crippen molar-refractivity contribution >= 4 is 5.97 Å². The molecule has 0 aromatic carbocycles. The van der Waals surface area contributed by atoms with Gasteiger partial charge in [0, 0.05) is 19.0 Å². The highest BCUT2D eigenvalue weighted by atomic mass is 16.5. The lowest BCUT2D eigenvalue weighted by Crippen LogP contribution is -2.40. The molecule has 1 aromatic heterocycles. The molecule has 1 saturated heterocycles. The van der Waals surface area contributed by atoms with Crippen LogP contribution in [0.5, 0.6) is 0 Å². The third-order valence-electron chi connectivity index (χ3n) is 2.26. The highest BCUT2D eigenvalue weighted by molar-refractivity contribution is 5.90. The third kappa shape index (κ3) is 1.50. The average Bonchev–Trinajstić information content (AvgIpc) is 2.50. The van der Waals surface area contributed by atoms with E-state index in [1.54, 1.807) is 6.92 Å². The lowest BCUT2D eigenvalue weighted by atomic mass is 9.96. The van der Waals surface area contributed by atoms with Crippen molar-refractivity contribution in [2.45, 2.75) is 12.8 Å². The number of hydrogen-bond donors (Lipinski definition) is 1. The van der Waals surface area contributed by atoms with Gasteiger partial charge >= 0.3 is 5.97 Å². The first kappa shape index (κ1) is 9.21. The number of rotatable bonds is 3. The molecule has 0 radical (unpaired) electrons. The van der Waals surface area contributed by atoms with Gasteiger partial charge in [-0.05, 0) is 6.92 Å². The smallest absolute Gasteiger partial charge is 0.343 e. The Bertz CT molecular complexity index is 331. The molecule has 2 heterocycles. The molecule has 2 rings (SSSR count). The molecule has 0 unspecified atom stereocenters. The van der Waals surface area contributed by atoms with Crippen molar-refractivity contribution in [1.82, 2.24) is 10.5 Å². The number of hydrogen-bond acceptors (Lipinski definition) is 5. The van der Waals surface area contributed by atoms with E-state index in [1.165, 1.54) is 6.26 Å². The molecule has 14 heavy (non-hydrogen) atoms. The van der Waals surface area contributed by atoms with Gasteiger partial charge in [0.1, 0.15) is 17.5 Å². The second-order valence-electron chi connectivity index (χ2n) is 3.19. The van der Waals surface area contributed by atoms with Crippen LogP contribution < -0.4 is 5.32 Å². The van der Waals surface area contributed by atoms with Gasteiger partial charge in [0.2, 0.25) is 0 Å². The summed E-state index contributed by atoms with van der Waals surface area (Å²) in [6.07, 6.45) is 1.35. The molecule has 1 N–H and O–H groups in total. The van der Waals surface area contributed by atoms with E-state index in [0.29, 0.717) is 17.9 Å². The fraction of sp³-hybridized carbons (Fsp3) is 0.556. The highest BCUT2D eigenvalue weighted by Gasteiger charge is 2.28. The number of nitrogens with one attached hydrogen (secondary N) is 1. The summed E-state index contributed by atoms with van der Waals surface area (Å²) in [4.78, 5) is 11.4. The Balaban J connectivity index is 2.16. The maximum atomic E-state index is 11.4. The van der Waals surface area contributed by atoms with Crippen LogP contribution in [0.3, 0.4) is 0 Å². The summed E-state index contributed by atoms with van der Waals surface area (Å²) in [6, 6.07) is 0. The molecule has 1 aliphatic heterocycles. The Hall–Kier alpha value is -1.36. The molecule has 0 atom stereocenters. The Morgan fingerprint density at radius 2 is 2.57 bits per heavy atom. The predicted molar refractivity (Wildman–Crippen MR) is 48.1 cm³/mol. The molecular weight excluding hydrogens is 184 g/mol. The van der Waals surface area contributed by atoms with Crippen LogP contribution in [-0.4, -0.2) is 30.8 Å². The van der Waals surface area contributed by atoms with Gasteiger partial charge in [0.05, 0.1) is 6.61 Å². The Morgan fingerprint density at radius 1 is 1.79 bits per heavy atom. The van der Waals surface area contributed by atoms with Gasteiger partial charge in [-0.25, -0.2) is 4.79 Å². The minimum atomic E-state index is -0.351. The van der Waals surface area contributed by atoms with Crippen LogP contribution in [0, 0.1) is 0 Å². The van der Waals surface area contributed by atoms with Crippen LogP contribution in [-0.2, 0) is 4.74 Å². The van der Waals surface area contributed by atoms with E-state index in [4.69, 9.17) is 9.26 Å². The summed E-state index contributed by atoms with van der Waals surface area (Å²) < 4.78 is 9.68. The predicted octanol–water partition coefficient (Wildman–Crippen LogP) is 0.538. The number of esters is 1. The zero-order chi connectivity index (χ0) is 9.97. The van der Waals surface area contributed by atoms with E-state index in [0.717, 1.165) is 13.1 Å². The van der Waals surface area contributed by atoms with Crippen molar-refractivity contribution < 1.29 is 14.1 Å². The molecule has 1 fully saturated rings. The average molecular weight is 196 g/mol. The molecule has 5 heteroatoms. The topological polar surface area (TPSA) is 64.4 Å². The summed E-state index contributed by atoms with van der Waals surface area (Å²) >= 11 is 0. The molecule has 1 aromatic rings. The van der Waals surface area contributed by atoms with E-state index in [9.17, 15) is 4.79 Å². The standard InChI is InChI=1S/C9H12N2O3/c1-2-13-9(12)7-5-14-11-8(7)6-3-10-4-6/h5-6,10H,2-4H2,1H3. The molecular formula is C9H12N2O3. The van der Waals surface area contributed by atoms with Crippen LogP contribution in [0.1, 0.15) is 28.9 Å². The van der Waals surface area contributed by atoms with Crippen molar-refractivity contribution in [3.8, 4) is 0 Å². The van der Waals surface area contributed by atoms with Crippen LogP contribution in [0.25, 0.3) is 0 Å². The number of aromatic nitrogens is 1. The van der Waals surface area contributed by atoms with Crippen LogP contribution >= 0.6 is 0 Å². The van der Waals surface area contributed by atoms with E-state index in [-0.39, 0.29) is 11.9 Å². The van der Waals surface area contributed by atoms with Crippen molar-refractivity contribution in [3.05, 3.63) is 17.5 Å². The van der Waals surface area contributed by atoms with E-state index in [2.05, 4.69) is 10.5 Å². The SMILES string of the molecule is CCOC(=O)c1conc1C1CNC1. The fourth-order valence-corrected chi connectivity index (χ4v) is 1.38. The first-order valence-corrected chi connectivity index (χ1v) is 4.65. The molecule has 1 aliphatic rings. The summed E-state index contributed by atoms with van der Waals surface area (Å²) in [7, 11) is 0. The fourth-order valence-electron chi connectivity index (χ4n) is 1.38. The van der Waals surface area contributed by atoms with Gasteiger partial charge in [-0.1, -0.05) is 5.16 Å². The summed E-state index contributed by atoms with van der Waals surface area (Å²) in [5.41, 5.74) is 1.17. The first-order valence-electron chi connectivity index (χ1n) is 4.65. The normalized spacial score (nSPS) is 16.4. The largest absolute Gasteiger partial charge is 0.462 e. The zero-order valence-corrected chi connectivity index (χ0v) is 7.95. The second kappa shape index (κ2) is 3.79. The van der Waals surface area contributed by atoms with Crippen molar-refractivity contribution in [2.24, 2.45) is 0 Å². The van der Waals surface area contributed by atoms with E-state index >= 15 is 0 Å². The maximum absolute atomic E-state index is 11.4. The van der Waals surface area contributed by atoms with Gasteiger partial charge in [-0.2, -0.15) is 0 Å². The Morgan fingerprint density at radius 3 is 3.14 bits per heavy atom. The first-order chi connectivity index (χ1) is 6.83. The van der Waals surface area contributed by atoms with Crippen LogP contribution in [0.4, 0.5) is 0 Å². The molecule has 5 nitrogen and oxygen atoms in total. The maximum Gasteiger partial charge on any atom is 0.343 e. The number of ether oxygens (including phenoxy) is 1. The zero-order valence-electron chi connectivity index (χ0n) is 7.95. The number of nitrogens with zero attached hydrogens (tertiary/aromatic N) is 1. The molecule has 0 aliphatic carbocycles. The van der Waals surface area contributed by atoms with Gasteiger partial charge < -0.3 is 14.6 Å². The summed E-state index contributed by atoms with van der Waals surface area (Å²) in [5.74, 6) is -0.0659. The van der Waals surface area contributed by atoms with Gasteiger partial charge in [-0.15, -0.1) is 0 Å². The second-order valence-corrected chi connectivity index (χ2v) is 3.19. The van der Waals surface area contributed by atoms with Gasteiger partial charge in [0.15, 0.2) is 0 Å². The Labute approximate surface area is 81.4 Å². The lowest BCUT2D eigenvalue weighted by molar-refractivity contribution is 0.0523. The van der Waals surface area contributed by atoms with Crippen LogP contribution in [0.15, 0.2) is 10.8 Å². The minimum Gasteiger partial charge on any atom is -0.462 e. The van der Waals surface area contributed by atoms with Crippen molar-refractivity contribution in [1.29, 1.82) is 0 Å². The number of carbonyl (C=O) groups is 1. The molecule has 0 saturated carbocycles. The quantitative estimate of drug-likeness (QED) is 0.715. The monoisotopic (exact) mass is 196 g/mol. The molecule has 0 bridgehead atoms. The molecule has 0 amide bonds. The Kier molecular flexibility index (Phi) is 2.49. The van der Waals surface area contributed by atoms with Gasteiger partial charge in [0.25, 0.3) is 0 Å². The van der Waals surface area contributed by atoms with E-state index in [1.807, 2.05) is 0 Å². The van der Waals surface area contributed by atoms with Crippen molar-refractivity contribution in [2.75, 3.05) is 19.7 Å². The lowest BCUT2D eigenvalue weighted by Gasteiger charge is -2.25. The van der Waals surface area contributed by atoms with Crippen molar-refractivity contribution in [3.63, 3.8) is 0 Å². The van der Waals surface area contributed by atoms with Gasteiger partial charge in [-0.3, -0.25) is 0 Å². The molecule has 76 valence electrons. The third-order valence-corrected chi connectivity index (χ3v) is 2.26. The summed E-state index contributed by atoms with van der Waals surface area (Å²) in [5, 5.41) is 6.94. The molecule has 0 spiro atoms.